The Morgan fingerprint density at radius 3 is 2.42 bits per heavy atom. The second-order valence-corrected chi connectivity index (χ2v) is 6.98. The van der Waals surface area contributed by atoms with Gasteiger partial charge in [-0.2, -0.15) is 5.10 Å². The van der Waals surface area contributed by atoms with E-state index in [2.05, 4.69) is 10.5 Å². The lowest BCUT2D eigenvalue weighted by Crippen LogP contribution is -2.24. The van der Waals surface area contributed by atoms with Gasteiger partial charge in [0.2, 0.25) is 0 Å². The van der Waals surface area contributed by atoms with Crippen molar-refractivity contribution in [3.05, 3.63) is 107 Å². The van der Waals surface area contributed by atoms with Crippen LogP contribution >= 0.6 is 0 Å². The molecule has 0 aliphatic rings. The quantitative estimate of drug-likeness (QED) is 0.234. The molecule has 1 heterocycles. The number of amides is 1. The van der Waals surface area contributed by atoms with E-state index in [0.717, 1.165) is 11.1 Å². The van der Waals surface area contributed by atoms with Gasteiger partial charge >= 0.3 is 0 Å². The fourth-order valence-corrected chi connectivity index (χ4v) is 3.07. The number of nitro benzene ring substituents is 1. The van der Waals surface area contributed by atoms with E-state index in [0.29, 0.717) is 22.8 Å². The molecule has 0 aliphatic heterocycles. The van der Waals surface area contributed by atoms with Crippen molar-refractivity contribution in [1.29, 1.82) is 0 Å². The van der Waals surface area contributed by atoms with Gasteiger partial charge in [0, 0.05) is 17.7 Å². The minimum atomic E-state index is -0.468. The summed E-state index contributed by atoms with van der Waals surface area (Å²) in [5.74, 6) is 0.980. The van der Waals surface area contributed by atoms with Gasteiger partial charge in [0.05, 0.1) is 11.1 Å². The van der Waals surface area contributed by atoms with Gasteiger partial charge in [0.15, 0.2) is 6.61 Å². The van der Waals surface area contributed by atoms with Crippen LogP contribution in [0.5, 0.6) is 5.75 Å². The molecule has 164 valence electrons. The number of nitro groups is 1. The van der Waals surface area contributed by atoms with Crippen LogP contribution in [-0.4, -0.2) is 23.7 Å². The number of carbonyl (C=O) groups is 1. The molecule has 0 saturated heterocycles. The highest BCUT2D eigenvalue weighted by atomic mass is 16.6. The Bertz CT molecular complexity index is 1280. The number of hydrogen-bond acceptors (Lipinski definition) is 6. The summed E-state index contributed by atoms with van der Waals surface area (Å²) in [7, 11) is 0. The van der Waals surface area contributed by atoms with Gasteiger partial charge in [0.25, 0.3) is 11.6 Å². The predicted octanol–water partition coefficient (Wildman–Crippen LogP) is 5.05. The fourth-order valence-electron chi connectivity index (χ4n) is 3.07. The van der Waals surface area contributed by atoms with E-state index in [1.165, 1.54) is 18.3 Å². The van der Waals surface area contributed by atoms with Crippen LogP contribution < -0.4 is 10.2 Å². The number of carbonyl (C=O) groups excluding carboxylic acids is 1. The molecular formula is C25H19N3O5. The van der Waals surface area contributed by atoms with E-state index >= 15 is 0 Å². The molecule has 4 aromatic rings. The largest absolute Gasteiger partial charge is 0.484 e. The van der Waals surface area contributed by atoms with Crippen LogP contribution in [0.3, 0.4) is 0 Å². The van der Waals surface area contributed by atoms with E-state index in [-0.39, 0.29) is 12.3 Å². The van der Waals surface area contributed by atoms with Crippen LogP contribution in [0.2, 0.25) is 0 Å². The van der Waals surface area contributed by atoms with Crippen LogP contribution in [0, 0.1) is 10.1 Å². The van der Waals surface area contributed by atoms with Gasteiger partial charge in [-0.05, 0) is 35.4 Å². The van der Waals surface area contributed by atoms with Gasteiger partial charge in [-0.25, -0.2) is 5.43 Å². The first-order valence-electron chi connectivity index (χ1n) is 10.0. The first-order chi connectivity index (χ1) is 16.1. The van der Waals surface area contributed by atoms with Crippen LogP contribution in [-0.2, 0) is 4.79 Å². The maximum atomic E-state index is 12.0. The lowest BCUT2D eigenvalue weighted by molar-refractivity contribution is -0.384. The highest BCUT2D eigenvalue weighted by Gasteiger charge is 2.10. The fraction of sp³-hybridized carbons (Fsp3) is 0.0400. The molecule has 8 heteroatoms. The summed E-state index contributed by atoms with van der Waals surface area (Å²) in [4.78, 5) is 22.4. The zero-order valence-electron chi connectivity index (χ0n) is 17.4. The minimum absolute atomic E-state index is 0.0268. The Kier molecular flexibility index (Phi) is 6.56. The van der Waals surface area contributed by atoms with E-state index in [1.54, 1.807) is 36.4 Å². The number of nitrogens with zero attached hydrogens (tertiary/aromatic N) is 2. The van der Waals surface area contributed by atoms with E-state index in [1.807, 2.05) is 42.5 Å². The molecular weight excluding hydrogens is 422 g/mol. The monoisotopic (exact) mass is 441 g/mol. The Labute approximate surface area is 189 Å². The second-order valence-electron chi connectivity index (χ2n) is 6.98. The van der Waals surface area contributed by atoms with E-state index < -0.39 is 10.8 Å². The van der Waals surface area contributed by atoms with Crippen molar-refractivity contribution < 1.29 is 18.9 Å². The van der Waals surface area contributed by atoms with Crippen LogP contribution in [0.4, 0.5) is 5.69 Å². The lowest BCUT2D eigenvalue weighted by atomic mass is 10.1. The van der Waals surface area contributed by atoms with E-state index in [4.69, 9.17) is 9.15 Å². The molecule has 8 nitrogen and oxygen atoms in total. The first-order valence-corrected chi connectivity index (χ1v) is 10.0. The molecule has 0 radical (unpaired) electrons. The number of furan rings is 1. The van der Waals surface area contributed by atoms with Crippen molar-refractivity contribution in [2.45, 2.75) is 0 Å². The number of nitrogens with one attached hydrogen (secondary N) is 1. The molecule has 0 fully saturated rings. The van der Waals surface area contributed by atoms with Gasteiger partial charge in [0.1, 0.15) is 17.3 Å². The minimum Gasteiger partial charge on any atom is -0.484 e. The second kappa shape index (κ2) is 10.1. The average Bonchev–Trinajstić information content (AvgIpc) is 3.33. The third kappa shape index (κ3) is 5.71. The summed E-state index contributed by atoms with van der Waals surface area (Å²) >= 11 is 0. The van der Waals surface area contributed by atoms with Gasteiger partial charge in [-0.15, -0.1) is 0 Å². The normalized spacial score (nSPS) is 10.8. The van der Waals surface area contributed by atoms with Gasteiger partial charge < -0.3 is 9.15 Å². The number of hydrazone groups is 1. The molecule has 0 atom stereocenters. The Morgan fingerprint density at radius 1 is 0.939 bits per heavy atom. The molecule has 3 aromatic carbocycles. The molecule has 1 amide bonds. The Morgan fingerprint density at radius 2 is 1.67 bits per heavy atom. The highest BCUT2D eigenvalue weighted by molar-refractivity contribution is 5.81. The number of benzene rings is 3. The Balaban J connectivity index is 1.27. The highest BCUT2D eigenvalue weighted by Crippen LogP contribution is 2.25. The SMILES string of the molecule is O=C(COc1ccc(-c2ccccc2)cc1)N/N=C\c1ccc(-c2cccc([N+](=O)[O-])c2)o1. The maximum absolute atomic E-state index is 12.0. The van der Waals surface area contributed by atoms with E-state index in [9.17, 15) is 14.9 Å². The summed E-state index contributed by atoms with van der Waals surface area (Å²) in [5.41, 5.74) is 5.07. The Hall–Kier alpha value is -4.72. The summed E-state index contributed by atoms with van der Waals surface area (Å²) in [5, 5.41) is 14.8. The van der Waals surface area contributed by atoms with Crippen LogP contribution in [0.15, 0.2) is 101 Å². The number of ether oxygens (including phenoxy) is 1. The molecule has 1 N–H and O–H groups in total. The number of non-ortho nitro benzene ring substituents is 1. The van der Waals surface area contributed by atoms with Crippen molar-refractivity contribution in [3.8, 4) is 28.2 Å². The van der Waals surface area contributed by atoms with Crippen LogP contribution in [0.25, 0.3) is 22.5 Å². The topological polar surface area (TPSA) is 107 Å². The molecule has 0 spiro atoms. The lowest BCUT2D eigenvalue weighted by Gasteiger charge is -2.06. The van der Waals surface area contributed by atoms with Gasteiger partial charge in [-0.3, -0.25) is 14.9 Å². The van der Waals surface area contributed by atoms with Crippen molar-refractivity contribution >= 4 is 17.8 Å². The number of rotatable bonds is 8. The van der Waals surface area contributed by atoms with Crippen molar-refractivity contribution in [2.24, 2.45) is 5.10 Å². The molecule has 4 rings (SSSR count). The smallest absolute Gasteiger partial charge is 0.277 e. The molecule has 33 heavy (non-hydrogen) atoms. The molecule has 1 aromatic heterocycles. The van der Waals surface area contributed by atoms with Crippen molar-refractivity contribution in [2.75, 3.05) is 6.61 Å². The molecule has 0 unspecified atom stereocenters. The average molecular weight is 441 g/mol. The van der Waals surface area contributed by atoms with Crippen molar-refractivity contribution in [3.63, 3.8) is 0 Å². The predicted molar refractivity (Wildman–Crippen MR) is 124 cm³/mol. The summed E-state index contributed by atoms with van der Waals surface area (Å²) in [6, 6.07) is 26.8. The van der Waals surface area contributed by atoms with Gasteiger partial charge in [-0.1, -0.05) is 54.6 Å². The summed E-state index contributed by atoms with van der Waals surface area (Å²) < 4.78 is 11.1. The van der Waals surface area contributed by atoms with Crippen molar-refractivity contribution in [1.82, 2.24) is 5.43 Å². The molecule has 0 saturated carbocycles. The maximum Gasteiger partial charge on any atom is 0.277 e. The third-order valence-corrected chi connectivity index (χ3v) is 4.68. The standard InChI is InChI=1S/C25H19N3O5/c29-25(17-32-22-11-9-19(10-12-22)18-5-2-1-3-6-18)27-26-16-23-13-14-24(33-23)20-7-4-8-21(15-20)28(30)31/h1-16H,17H2,(H,27,29)/b26-16-. The zero-order valence-corrected chi connectivity index (χ0v) is 17.4. The number of hydrogen-bond donors (Lipinski definition) is 1. The summed E-state index contributed by atoms with van der Waals surface area (Å²) in [6.07, 6.45) is 1.34. The molecule has 0 bridgehead atoms. The zero-order chi connectivity index (χ0) is 23.0. The summed E-state index contributed by atoms with van der Waals surface area (Å²) in [6.45, 7) is -0.195. The first kappa shape index (κ1) is 21.5. The van der Waals surface area contributed by atoms with Crippen LogP contribution in [0.1, 0.15) is 5.76 Å². The third-order valence-electron chi connectivity index (χ3n) is 4.68. The molecule has 0 aliphatic carbocycles.